The van der Waals surface area contributed by atoms with E-state index in [1.54, 1.807) is 125 Å². The van der Waals surface area contributed by atoms with Crippen molar-refractivity contribution in [2.45, 2.75) is 158 Å². The molecule has 0 aromatic heterocycles. The van der Waals surface area contributed by atoms with Gasteiger partial charge in [-0.05, 0) is 125 Å². The summed E-state index contributed by atoms with van der Waals surface area (Å²) in [5.74, 6) is 0. The average Bonchev–Trinajstić information content (AvgIpc) is 3.02. The van der Waals surface area contributed by atoms with Crippen molar-refractivity contribution in [1.82, 2.24) is 0 Å². The summed E-state index contributed by atoms with van der Waals surface area (Å²) in [6.45, 7) is 42.8. The summed E-state index contributed by atoms with van der Waals surface area (Å²) in [6.07, 6.45) is 0. The van der Waals surface area contributed by atoms with Gasteiger partial charge in [-0.2, -0.15) is 0 Å². The van der Waals surface area contributed by atoms with Gasteiger partial charge in [0, 0.05) is 54.7 Å². The minimum absolute atomic E-state index is 0. The summed E-state index contributed by atoms with van der Waals surface area (Å²) in [4.78, 5) is 70.1. The van der Waals surface area contributed by atoms with E-state index in [2.05, 4.69) is 29.3 Å². The van der Waals surface area contributed by atoms with Gasteiger partial charge < -0.3 is 89.6 Å². The summed E-state index contributed by atoms with van der Waals surface area (Å²) in [5, 5.41) is 56.7. The Morgan fingerprint density at radius 1 is 0.245 bits per heavy atom. The van der Waals surface area contributed by atoms with Gasteiger partial charge in [0.15, 0.2) is 0 Å². The molecule has 0 aliphatic carbocycles. The van der Waals surface area contributed by atoms with Crippen LogP contribution in [-0.4, -0.2) is 74.3 Å². The zero-order valence-corrected chi connectivity index (χ0v) is 35.0. The molecule has 0 saturated carbocycles. The van der Waals surface area contributed by atoms with E-state index < -0.39 is 33.6 Å². The SMILES string of the molecule is C=O.C=O.C=O.C=O.C=O.C=O.CC(C)(C)O[O-].CC(C)(C)O[O-].CC(C)(C)O[O-].CC(C)(C)O[O-].CC(C)(C)O[O-].CC(C)(C)O[O-].[Mo]. The fourth-order valence-corrected chi connectivity index (χ4v) is 0. The molecule has 0 aliphatic rings. The van der Waals surface area contributed by atoms with Crippen molar-refractivity contribution in [2.24, 2.45) is 0 Å². The fourth-order valence-electron chi connectivity index (χ4n) is 0. The molecule has 0 saturated heterocycles. The molecule has 306 valence electrons. The summed E-state index contributed by atoms with van der Waals surface area (Å²) >= 11 is 0. The fraction of sp³-hybridized carbons (Fsp3) is 0.800. The second kappa shape index (κ2) is 58.4. The van der Waals surface area contributed by atoms with Crippen molar-refractivity contribution in [3.8, 4) is 0 Å². The third kappa shape index (κ3) is 343. The van der Waals surface area contributed by atoms with Gasteiger partial charge in [-0.1, -0.05) is 0 Å². The average molecular weight is 811 g/mol. The molecule has 0 aromatic carbocycles. The van der Waals surface area contributed by atoms with Gasteiger partial charge in [0.05, 0.1) is 0 Å². The van der Waals surface area contributed by atoms with E-state index in [0.29, 0.717) is 0 Å². The molecular weight excluding hydrogens is 744 g/mol. The third-order valence-corrected chi connectivity index (χ3v) is 1.50. The monoisotopic (exact) mass is 812 g/mol. The second-order valence-corrected chi connectivity index (χ2v) is 13.2. The van der Waals surface area contributed by atoms with Crippen molar-refractivity contribution in [1.29, 1.82) is 0 Å². The number of hydrogen-bond donors (Lipinski definition) is 0. The molecule has 19 heteroatoms. The van der Waals surface area contributed by atoms with Gasteiger partial charge in [-0.3, -0.25) is 0 Å². The standard InChI is InChI=1S/6C4H10O2.6CH2O.Mo/c6*1-4(2,3)6-5;6*1-2;/h6*5H,1-3H3;6*1H2;/p-6. The molecule has 0 aromatic rings. The molecule has 0 atom stereocenters. The Balaban J connectivity index is -0.0000000270. The molecule has 18 nitrogen and oxygen atoms in total. The van der Waals surface area contributed by atoms with Crippen LogP contribution >= 0.6 is 0 Å². The first-order valence-electron chi connectivity index (χ1n) is 13.0. The predicted octanol–water partition coefficient (Wildman–Crippen LogP) is -0.651. The van der Waals surface area contributed by atoms with Crippen molar-refractivity contribution in [3.05, 3.63) is 0 Å². The quantitative estimate of drug-likeness (QED) is 0.167. The Morgan fingerprint density at radius 3 is 0.265 bits per heavy atom. The second-order valence-electron chi connectivity index (χ2n) is 13.2. The van der Waals surface area contributed by atoms with Crippen molar-refractivity contribution < 1.29 is 111 Å². The first-order chi connectivity index (χ1) is 21.4. The molecule has 0 heterocycles. The molecule has 0 N–H and O–H groups in total. The van der Waals surface area contributed by atoms with Gasteiger partial charge in [-0.25, -0.2) is 0 Å². The van der Waals surface area contributed by atoms with Gasteiger partial charge >= 0.3 is 0 Å². The Hall–Kier alpha value is -1.77. The Kier molecular flexibility index (Phi) is 103. The van der Waals surface area contributed by atoms with Crippen LogP contribution in [0, 0.1) is 0 Å². The smallest absolute Gasteiger partial charge is 0.106 e. The van der Waals surface area contributed by atoms with Gasteiger partial charge in [0.25, 0.3) is 0 Å². The molecule has 49 heavy (non-hydrogen) atoms. The molecule has 0 amide bonds. The topological polar surface area (TPSA) is 296 Å². The van der Waals surface area contributed by atoms with Crippen LogP contribution in [0.4, 0.5) is 0 Å². The van der Waals surface area contributed by atoms with E-state index in [1.807, 2.05) is 40.7 Å². The van der Waals surface area contributed by atoms with E-state index in [0.717, 1.165) is 0 Å². The maximum absolute atomic E-state index is 9.45. The largest absolute Gasteiger partial charge is 0.723 e. The number of rotatable bonds is 0. The predicted molar refractivity (Wildman–Crippen MR) is 168 cm³/mol. The van der Waals surface area contributed by atoms with Crippen LogP contribution in [0.2, 0.25) is 0 Å². The molecule has 0 rings (SSSR count). The van der Waals surface area contributed by atoms with Crippen LogP contribution in [-0.2, 0) is 79.2 Å². The number of carbonyl (C=O) groups excluding carboxylic acids is 6. The molecule has 0 aliphatic heterocycles. The van der Waals surface area contributed by atoms with E-state index >= 15 is 0 Å². The molecule has 0 radical (unpaired) electrons. The maximum Gasteiger partial charge on any atom is 0.106 e. The molecular formula is C30H66MoO18-6. The van der Waals surface area contributed by atoms with Crippen LogP contribution in [0.3, 0.4) is 0 Å². The summed E-state index contributed by atoms with van der Waals surface area (Å²) in [5.41, 5.74) is -3.08. The summed E-state index contributed by atoms with van der Waals surface area (Å²) in [7, 11) is 0. The summed E-state index contributed by atoms with van der Waals surface area (Å²) < 4.78 is 0. The zero-order chi connectivity index (χ0) is 43.2. The Labute approximate surface area is 309 Å². The van der Waals surface area contributed by atoms with Crippen molar-refractivity contribution in [2.75, 3.05) is 0 Å². The van der Waals surface area contributed by atoms with Crippen LogP contribution in [0.1, 0.15) is 125 Å². The molecule has 0 bridgehead atoms. The van der Waals surface area contributed by atoms with Crippen LogP contribution in [0.25, 0.3) is 0 Å². The number of hydrogen-bond acceptors (Lipinski definition) is 18. The van der Waals surface area contributed by atoms with E-state index in [1.165, 1.54) is 0 Å². The van der Waals surface area contributed by atoms with Crippen LogP contribution in [0.5, 0.6) is 0 Å². The van der Waals surface area contributed by atoms with Crippen molar-refractivity contribution in [3.63, 3.8) is 0 Å². The van der Waals surface area contributed by atoms with Crippen LogP contribution in [0.15, 0.2) is 0 Å². The minimum atomic E-state index is -0.514. The van der Waals surface area contributed by atoms with E-state index in [-0.39, 0.29) is 21.1 Å². The summed E-state index contributed by atoms with van der Waals surface area (Å²) in [6, 6.07) is 0. The van der Waals surface area contributed by atoms with Crippen molar-refractivity contribution >= 4 is 40.7 Å². The van der Waals surface area contributed by atoms with E-state index in [9.17, 15) is 31.5 Å². The first kappa shape index (κ1) is 86.1. The molecule has 0 spiro atoms. The molecule has 0 fully saturated rings. The zero-order valence-electron chi connectivity index (χ0n) is 33.0. The number of carbonyl (C=O) groups is 6. The Bertz CT molecular complexity index is 408. The molecule has 0 unspecified atom stereocenters. The van der Waals surface area contributed by atoms with Crippen LogP contribution < -0.4 is 31.5 Å². The maximum atomic E-state index is 9.45. The Morgan fingerprint density at radius 2 is 0.265 bits per heavy atom. The van der Waals surface area contributed by atoms with Gasteiger partial charge in [0.1, 0.15) is 40.7 Å². The van der Waals surface area contributed by atoms with Gasteiger partial charge in [0.2, 0.25) is 0 Å². The van der Waals surface area contributed by atoms with Gasteiger partial charge in [-0.15, -0.1) is 0 Å². The normalized spacial score (nSPS) is 9.31. The third-order valence-electron chi connectivity index (χ3n) is 1.50. The minimum Gasteiger partial charge on any atom is -0.723 e. The first-order valence-corrected chi connectivity index (χ1v) is 13.0. The van der Waals surface area contributed by atoms with E-state index in [4.69, 9.17) is 28.8 Å².